The van der Waals surface area contributed by atoms with E-state index in [4.69, 9.17) is 0 Å². The molecule has 0 aromatic carbocycles. The molecule has 7 heteroatoms. The summed E-state index contributed by atoms with van der Waals surface area (Å²) in [4.78, 5) is 4.16. The Morgan fingerprint density at radius 3 is 2.20 bits per heavy atom. The Labute approximate surface area is 141 Å². The Balaban J connectivity index is 0. The van der Waals surface area contributed by atoms with Gasteiger partial charge in [0, 0.05) is 25.9 Å². The van der Waals surface area contributed by atoms with Gasteiger partial charge in [0.1, 0.15) is 9.84 Å². The molecular weight excluding hydrogens is 389 g/mol. The quantitative estimate of drug-likeness (QED) is 0.359. The van der Waals surface area contributed by atoms with Gasteiger partial charge in [-0.1, -0.05) is 26.7 Å². The maximum atomic E-state index is 11.1. The van der Waals surface area contributed by atoms with E-state index in [0.29, 0.717) is 12.3 Å². The van der Waals surface area contributed by atoms with E-state index >= 15 is 0 Å². The molecule has 122 valence electrons. The van der Waals surface area contributed by atoms with Crippen LogP contribution < -0.4 is 10.6 Å². The van der Waals surface area contributed by atoms with E-state index in [2.05, 4.69) is 29.5 Å². The first-order valence-corrected chi connectivity index (χ1v) is 9.03. The molecular formula is C13H30IN3O2S. The van der Waals surface area contributed by atoms with Crippen molar-refractivity contribution in [2.45, 2.75) is 46.1 Å². The molecule has 0 aliphatic heterocycles. The molecule has 1 unspecified atom stereocenters. The Kier molecular flexibility index (Phi) is 12.9. The third-order valence-electron chi connectivity index (χ3n) is 3.24. The third kappa shape index (κ3) is 11.7. The van der Waals surface area contributed by atoms with Gasteiger partial charge in [0.05, 0.1) is 5.75 Å². The Morgan fingerprint density at radius 1 is 1.25 bits per heavy atom. The van der Waals surface area contributed by atoms with Crippen molar-refractivity contribution in [1.29, 1.82) is 0 Å². The van der Waals surface area contributed by atoms with Gasteiger partial charge in [-0.25, -0.2) is 8.42 Å². The molecule has 0 aromatic heterocycles. The summed E-state index contributed by atoms with van der Waals surface area (Å²) < 4.78 is 22.2. The normalized spacial score (nSPS) is 13.8. The highest BCUT2D eigenvalue weighted by Gasteiger charge is 2.10. The third-order valence-corrected chi connectivity index (χ3v) is 4.22. The summed E-state index contributed by atoms with van der Waals surface area (Å²) >= 11 is 0. The van der Waals surface area contributed by atoms with Crippen LogP contribution in [0.1, 0.15) is 40.0 Å². The van der Waals surface area contributed by atoms with Crippen molar-refractivity contribution in [3.63, 3.8) is 0 Å². The van der Waals surface area contributed by atoms with Crippen molar-refractivity contribution in [2.24, 2.45) is 10.9 Å². The van der Waals surface area contributed by atoms with Gasteiger partial charge in [-0.05, 0) is 19.3 Å². The number of halogens is 1. The van der Waals surface area contributed by atoms with Crippen LogP contribution in [0.2, 0.25) is 0 Å². The van der Waals surface area contributed by atoms with Crippen molar-refractivity contribution >= 4 is 39.8 Å². The smallest absolute Gasteiger partial charge is 0.191 e. The van der Waals surface area contributed by atoms with Crippen LogP contribution in [0.5, 0.6) is 0 Å². The summed E-state index contributed by atoms with van der Waals surface area (Å²) in [5.74, 6) is 1.59. The fraction of sp³-hybridized carbons (Fsp3) is 0.923. The number of nitrogens with zero attached hydrogens (tertiary/aromatic N) is 1. The van der Waals surface area contributed by atoms with Gasteiger partial charge in [0.15, 0.2) is 5.96 Å². The molecule has 0 bridgehead atoms. The van der Waals surface area contributed by atoms with Crippen molar-refractivity contribution in [3.8, 4) is 0 Å². The van der Waals surface area contributed by atoms with E-state index in [-0.39, 0.29) is 35.8 Å². The van der Waals surface area contributed by atoms with Crippen molar-refractivity contribution in [1.82, 2.24) is 10.6 Å². The molecule has 5 nitrogen and oxygen atoms in total. The number of aliphatic imine (C=N–C) groups is 1. The maximum Gasteiger partial charge on any atom is 0.191 e. The molecule has 0 aliphatic rings. The van der Waals surface area contributed by atoms with E-state index < -0.39 is 9.84 Å². The van der Waals surface area contributed by atoms with E-state index in [1.807, 2.05) is 6.92 Å². The molecule has 2 N–H and O–H groups in total. The minimum Gasteiger partial charge on any atom is -0.356 e. The second kappa shape index (κ2) is 11.6. The first-order valence-electron chi connectivity index (χ1n) is 6.97. The van der Waals surface area contributed by atoms with E-state index in [1.165, 1.54) is 6.26 Å². The Morgan fingerprint density at radius 2 is 1.80 bits per heavy atom. The monoisotopic (exact) mass is 419 g/mol. The molecule has 0 rings (SSSR count). The predicted octanol–water partition coefficient (Wildman–Crippen LogP) is 2.03. The average molecular weight is 419 g/mol. The number of rotatable bonds is 8. The van der Waals surface area contributed by atoms with Crippen LogP contribution in [0.3, 0.4) is 0 Å². The molecule has 0 fully saturated rings. The number of sulfone groups is 1. The summed E-state index contributed by atoms with van der Waals surface area (Å²) in [6, 6.07) is 0.0858. The van der Waals surface area contributed by atoms with Gasteiger partial charge in [-0.2, -0.15) is 0 Å². The molecule has 0 saturated carbocycles. The molecule has 0 aromatic rings. The van der Waals surface area contributed by atoms with Crippen LogP contribution in [0.4, 0.5) is 0 Å². The predicted molar refractivity (Wildman–Crippen MR) is 97.8 cm³/mol. The highest BCUT2D eigenvalue weighted by Crippen LogP contribution is 2.05. The maximum absolute atomic E-state index is 11.1. The topological polar surface area (TPSA) is 70.6 Å². The van der Waals surface area contributed by atoms with E-state index in [0.717, 1.165) is 25.3 Å². The molecule has 0 heterocycles. The van der Waals surface area contributed by atoms with E-state index in [9.17, 15) is 8.42 Å². The van der Waals surface area contributed by atoms with Crippen LogP contribution in [-0.4, -0.2) is 46.0 Å². The Hall–Kier alpha value is -0.0500. The van der Waals surface area contributed by atoms with Gasteiger partial charge in [-0.15, -0.1) is 24.0 Å². The lowest BCUT2D eigenvalue weighted by Gasteiger charge is -2.20. The van der Waals surface area contributed by atoms with E-state index in [1.54, 1.807) is 7.05 Å². The van der Waals surface area contributed by atoms with Crippen molar-refractivity contribution in [2.75, 3.05) is 25.6 Å². The van der Waals surface area contributed by atoms with Gasteiger partial charge in [0.25, 0.3) is 0 Å². The van der Waals surface area contributed by atoms with Gasteiger partial charge < -0.3 is 10.6 Å². The summed E-state index contributed by atoms with van der Waals surface area (Å²) in [6.07, 6.45) is 4.14. The van der Waals surface area contributed by atoms with Crippen molar-refractivity contribution in [3.05, 3.63) is 0 Å². The minimum atomic E-state index is -2.90. The molecule has 0 radical (unpaired) electrons. The average Bonchev–Trinajstić information content (AvgIpc) is 2.35. The summed E-state index contributed by atoms with van der Waals surface area (Å²) in [5.41, 5.74) is 0. The SMILES string of the molecule is CCC(CC)CNC(=NC)NC(C)CCS(C)(=O)=O.I. The zero-order chi connectivity index (χ0) is 14.9. The van der Waals surface area contributed by atoms with Crippen molar-refractivity contribution < 1.29 is 8.42 Å². The molecule has 0 saturated heterocycles. The lowest BCUT2D eigenvalue weighted by molar-refractivity contribution is 0.478. The second-order valence-corrected chi connectivity index (χ2v) is 7.36. The van der Waals surface area contributed by atoms with Crippen LogP contribution >= 0.6 is 24.0 Å². The Bertz CT molecular complexity index is 368. The number of nitrogens with one attached hydrogen (secondary N) is 2. The van der Waals surface area contributed by atoms with Crippen LogP contribution in [0.15, 0.2) is 4.99 Å². The van der Waals surface area contributed by atoms with Crippen LogP contribution in [0, 0.1) is 5.92 Å². The standard InChI is InChI=1S/C13H29N3O2S.HI/c1-6-12(7-2)10-15-13(14-4)16-11(3)8-9-19(5,17)18;/h11-12H,6-10H2,1-5H3,(H2,14,15,16);1H. The molecule has 0 spiro atoms. The highest BCUT2D eigenvalue weighted by atomic mass is 127. The zero-order valence-electron chi connectivity index (χ0n) is 13.3. The van der Waals surface area contributed by atoms with Gasteiger partial charge in [0.2, 0.25) is 0 Å². The summed E-state index contributed by atoms with van der Waals surface area (Å²) in [6.45, 7) is 7.22. The van der Waals surface area contributed by atoms with Crippen LogP contribution in [0.25, 0.3) is 0 Å². The van der Waals surface area contributed by atoms with Gasteiger partial charge >= 0.3 is 0 Å². The number of hydrogen-bond acceptors (Lipinski definition) is 3. The lowest BCUT2D eigenvalue weighted by Crippen LogP contribution is -2.44. The molecule has 20 heavy (non-hydrogen) atoms. The fourth-order valence-electron chi connectivity index (χ4n) is 1.71. The van der Waals surface area contributed by atoms with Crippen LogP contribution in [-0.2, 0) is 9.84 Å². The van der Waals surface area contributed by atoms with Gasteiger partial charge in [-0.3, -0.25) is 4.99 Å². The lowest BCUT2D eigenvalue weighted by atomic mass is 10.0. The molecule has 1 atom stereocenters. The molecule has 0 amide bonds. The largest absolute Gasteiger partial charge is 0.356 e. The highest BCUT2D eigenvalue weighted by molar-refractivity contribution is 14.0. The molecule has 0 aliphatic carbocycles. The minimum absolute atomic E-state index is 0. The second-order valence-electron chi connectivity index (χ2n) is 5.10. The summed E-state index contributed by atoms with van der Waals surface area (Å²) in [5, 5.41) is 6.51. The first-order chi connectivity index (χ1) is 8.82. The fourth-order valence-corrected chi connectivity index (χ4v) is 2.49. The number of guanidine groups is 1. The first kappa shape index (κ1) is 22.2. The zero-order valence-corrected chi connectivity index (χ0v) is 16.4. The summed E-state index contributed by atoms with van der Waals surface area (Å²) in [7, 11) is -1.17. The number of hydrogen-bond donors (Lipinski definition) is 2.